The highest BCUT2D eigenvalue weighted by molar-refractivity contribution is 7.45. The minimum atomic E-state index is -4.71. The molecule has 0 aliphatic rings. The molecule has 0 bridgehead atoms. The van der Waals surface area contributed by atoms with Gasteiger partial charge in [0.05, 0.1) is 33.8 Å². The quantitative estimate of drug-likeness (QED) is 0.0212. The molecule has 3 atom stereocenters. The van der Waals surface area contributed by atoms with Gasteiger partial charge in [-0.2, -0.15) is 0 Å². The van der Waals surface area contributed by atoms with Crippen LogP contribution in [0, 0.1) is 0 Å². The summed E-state index contributed by atoms with van der Waals surface area (Å²) in [6.45, 7) is 6.73. The minimum Gasteiger partial charge on any atom is -0.756 e. The van der Waals surface area contributed by atoms with Gasteiger partial charge < -0.3 is 28.5 Å². The fourth-order valence-corrected chi connectivity index (χ4v) is 10.2. The van der Waals surface area contributed by atoms with E-state index < -0.39 is 26.6 Å². The maximum Gasteiger partial charge on any atom is 0.306 e. The Hall–Kier alpha value is -3.07. The number of carbonyl (C=O) groups excluding carboxylic acids is 2. The van der Waals surface area contributed by atoms with Gasteiger partial charge in [0.25, 0.3) is 7.82 Å². The average Bonchev–Trinajstić information content (AvgIpc) is 3.44. The van der Waals surface area contributed by atoms with Crippen LogP contribution in [-0.4, -0.2) is 69.4 Å². The Morgan fingerprint density at radius 2 is 0.780 bits per heavy atom. The zero-order chi connectivity index (χ0) is 60.0. The van der Waals surface area contributed by atoms with Crippen LogP contribution < -0.4 is 10.2 Å². The molecule has 0 saturated heterocycles. The van der Waals surface area contributed by atoms with Crippen molar-refractivity contribution in [2.45, 2.75) is 309 Å². The van der Waals surface area contributed by atoms with Crippen molar-refractivity contribution < 1.29 is 37.3 Å². The van der Waals surface area contributed by atoms with E-state index in [-0.39, 0.29) is 24.9 Å². The first-order chi connectivity index (χ1) is 39.9. The molecule has 0 rings (SSSR count). The number of hydrogen-bond donors (Lipinski definition) is 1. The largest absolute Gasteiger partial charge is 0.756 e. The van der Waals surface area contributed by atoms with Gasteiger partial charge in [-0.3, -0.25) is 14.2 Å². The Balaban J connectivity index is 5.12. The van der Waals surface area contributed by atoms with Crippen LogP contribution in [0.1, 0.15) is 297 Å². The first-order valence-corrected chi connectivity index (χ1v) is 35.5. The highest BCUT2D eigenvalue weighted by Crippen LogP contribution is 2.38. The van der Waals surface area contributed by atoms with Crippen molar-refractivity contribution in [1.82, 2.24) is 5.32 Å². The summed E-state index contributed by atoms with van der Waals surface area (Å²) in [5.41, 5.74) is 0. The molecule has 474 valence electrons. The summed E-state index contributed by atoms with van der Waals surface area (Å²) >= 11 is 0. The summed E-state index contributed by atoms with van der Waals surface area (Å²) in [4.78, 5) is 40.1. The number of amides is 1. The van der Waals surface area contributed by atoms with Gasteiger partial charge in [-0.05, 0) is 109 Å². The van der Waals surface area contributed by atoms with Gasteiger partial charge in [0.1, 0.15) is 19.3 Å². The Bertz CT molecular complexity index is 1720. The van der Waals surface area contributed by atoms with Crippen molar-refractivity contribution in [3.05, 3.63) is 97.2 Å². The van der Waals surface area contributed by atoms with Gasteiger partial charge in [0, 0.05) is 12.8 Å². The van der Waals surface area contributed by atoms with Crippen LogP contribution in [-0.2, 0) is 27.9 Å². The van der Waals surface area contributed by atoms with Crippen molar-refractivity contribution in [3.63, 3.8) is 0 Å². The Morgan fingerprint density at radius 1 is 0.439 bits per heavy atom. The highest BCUT2D eigenvalue weighted by Gasteiger charge is 2.27. The first kappa shape index (κ1) is 78.9. The zero-order valence-electron chi connectivity index (χ0n) is 54.2. The van der Waals surface area contributed by atoms with E-state index in [4.69, 9.17) is 13.8 Å². The molecule has 0 spiro atoms. The van der Waals surface area contributed by atoms with Crippen molar-refractivity contribution in [1.29, 1.82) is 0 Å². The third kappa shape index (κ3) is 61.5. The smallest absolute Gasteiger partial charge is 0.306 e. The number of rotatable bonds is 61. The minimum absolute atomic E-state index is 0.0279. The van der Waals surface area contributed by atoms with E-state index in [1.165, 1.54) is 141 Å². The molecule has 0 aliphatic heterocycles. The Morgan fingerprint density at radius 3 is 1.18 bits per heavy atom. The molecule has 0 aromatic heterocycles. The number of ether oxygens (including phenoxy) is 1. The molecule has 0 saturated carbocycles. The lowest BCUT2D eigenvalue weighted by atomic mass is 10.0. The number of esters is 1. The highest BCUT2D eigenvalue weighted by atomic mass is 31.2. The van der Waals surface area contributed by atoms with Crippen LogP contribution >= 0.6 is 7.82 Å². The van der Waals surface area contributed by atoms with Gasteiger partial charge in [-0.25, -0.2) is 0 Å². The van der Waals surface area contributed by atoms with Crippen molar-refractivity contribution in [2.75, 3.05) is 40.9 Å². The van der Waals surface area contributed by atoms with Crippen LogP contribution in [0.5, 0.6) is 0 Å². The number of phosphoric ester groups is 1. The predicted molar refractivity (Wildman–Crippen MR) is 353 cm³/mol. The molecule has 10 heteroatoms. The number of hydrogen-bond acceptors (Lipinski definition) is 7. The van der Waals surface area contributed by atoms with Gasteiger partial charge in [0.15, 0.2) is 0 Å². The molecule has 0 aromatic rings. The second-order valence-electron chi connectivity index (χ2n) is 23.9. The van der Waals surface area contributed by atoms with Crippen LogP contribution in [0.4, 0.5) is 0 Å². The number of unbranched alkanes of at least 4 members (excludes halogenated alkanes) is 31. The third-order valence-corrected chi connectivity index (χ3v) is 15.7. The number of likely N-dealkylation sites (N-methyl/N-ethyl adjacent to an activating group) is 1. The molecule has 0 heterocycles. The SMILES string of the molecule is CC/C=C\C/C=C\C/C=C\C/C=C\C/C=C\C/C=C\CCCCCCCCCCC(=O)OC(/C=C\CCCCCCCCCCCC)C(COP(=O)([O-])OCC[N+](C)(C)C)NC(=O)CCCCCCCCC/C=C/CCCCCCCC. The monoisotopic (exact) mass is 1160 g/mol. The molecule has 9 nitrogen and oxygen atoms in total. The zero-order valence-corrected chi connectivity index (χ0v) is 55.1. The van der Waals surface area contributed by atoms with Crippen LogP contribution in [0.2, 0.25) is 0 Å². The number of nitrogens with one attached hydrogen (secondary N) is 1. The second kappa shape index (κ2) is 61.0. The Kier molecular flexibility index (Phi) is 58.7. The fourth-order valence-electron chi connectivity index (χ4n) is 9.52. The summed E-state index contributed by atoms with van der Waals surface area (Å²) < 4.78 is 30.4. The lowest BCUT2D eigenvalue weighted by Gasteiger charge is -2.30. The summed E-state index contributed by atoms with van der Waals surface area (Å²) in [6.07, 6.45) is 82.3. The number of carbonyl (C=O) groups is 2. The molecule has 0 radical (unpaired) electrons. The van der Waals surface area contributed by atoms with Crippen molar-refractivity contribution >= 4 is 19.7 Å². The van der Waals surface area contributed by atoms with E-state index >= 15 is 0 Å². The van der Waals surface area contributed by atoms with Crippen LogP contribution in [0.3, 0.4) is 0 Å². The van der Waals surface area contributed by atoms with E-state index in [2.05, 4.69) is 111 Å². The lowest BCUT2D eigenvalue weighted by molar-refractivity contribution is -0.870. The summed E-state index contributed by atoms with van der Waals surface area (Å²) in [5, 5.41) is 3.03. The van der Waals surface area contributed by atoms with E-state index in [0.717, 1.165) is 122 Å². The number of nitrogens with zero attached hydrogens (tertiary/aromatic N) is 1. The molecular weight excluding hydrogens is 1040 g/mol. The summed E-state index contributed by atoms with van der Waals surface area (Å²) in [7, 11) is 1.17. The van der Waals surface area contributed by atoms with Crippen LogP contribution in [0.25, 0.3) is 0 Å². The average molecular weight is 1170 g/mol. The molecule has 0 aliphatic carbocycles. The molecule has 1 N–H and O–H groups in total. The van der Waals surface area contributed by atoms with Gasteiger partial charge in [0.2, 0.25) is 5.91 Å². The maximum atomic E-state index is 13.6. The van der Waals surface area contributed by atoms with Gasteiger partial charge in [-0.15, -0.1) is 0 Å². The van der Waals surface area contributed by atoms with Crippen molar-refractivity contribution in [3.8, 4) is 0 Å². The molecule has 1 amide bonds. The normalized spacial score (nSPS) is 14.2. The topological polar surface area (TPSA) is 114 Å². The molecular formula is C72H129N2O7P. The predicted octanol–water partition coefficient (Wildman–Crippen LogP) is 20.9. The van der Waals surface area contributed by atoms with E-state index in [1.807, 2.05) is 33.3 Å². The lowest BCUT2D eigenvalue weighted by Crippen LogP contribution is -2.47. The maximum absolute atomic E-state index is 13.6. The van der Waals surface area contributed by atoms with E-state index in [1.54, 1.807) is 0 Å². The first-order valence-electron chi connectivity index (χ1n) is 34.0. The third-order valence-electron chi connectivity index (χ3n) is 14.7. The number of quaternary nitrogens is 1. The van der Waals surface area contributed by atoms with Crippen molar-refractivity contribution in [2.24, 2.45) is 0 Å². The Labute approximate surface area is 507 Å². The standard InChI is InChI=1S/C72H129N2O7P/c1-7-10-13-16-19-22-25-28-30-32-33-34-35-36-37-38-39-40-41-43-45-47-50-53-56-59-62-65-72(76)81-70(63-60-57-54-51-48-27-24-21-18-15-12-9-3)69(68-80-82(77,78)79-67-66-74(4,5)6)73-71(75)64-61-58-55-52-49-46-44-42-31-29-26-23-20-17-14-11-8-2/h10,13,19,22,28-31,33-34,36-37,39-40,60,63,69-70H,7-9,11-12,14-18,20-21,23-27,32,35,38,41-59,61-62,64-68H2,1-6H3,(H-,73,75,77,78)/b13-10-,22-19-,30-28-,31-29+,34-33-,37-36-,40-39-,63-60-. The molecule has 3 unspecified atom stereocenters. The second-order valence-corrected chi connectivity index (χ2v) is 25.4. The molecule has 0 aromatic carbocycles. The molecule has 0 fully saturated rings. The summed E-state index contributed by atoms with van der Waals surface area (Å²) in [5.74, 6) is -0.554. The number of phosphoric acid groups is 1. The number of allylic oxidation sites excluding steroid dienone is 15. The van der Waals surface area contributed by atoms with Crippen LogP contribution in [0.15, 0.2) is 97.2 Å². The summed E-state index contributed by atoms with van der Waals surface area (Å²) in [6, 6.07) is -0.899. The van der Waals surface area contributed by atoms with E-state index in [9.17, 15) is 19.0 Å². The van der Waals surface area contributed by atoms with E-state index in [0.29, 0.717) is 17.4 Å². The fraction of sp³-hybridized carbons (Fsp3) is 0.750. The van der Waals surface area contributed by atoms with Gasteiger partial charge >= 0.3 is 5.97 Å². The molecule has 82 heavy (non-hydrogen) atoms. The van der Waals surface area contributed by atoms with Gasteiger partial charge in [-0.1, -0.05) is 272 Å².